The zero-order valence-electron chi connectivity index (χ0n) is 14.1. The highest BCUT2D eigenvalue weighted by Crippen LogP contribution is 2.20. The second-order valence-corrected chi connectivity index (χ2v) is 7.11. The average molecular weight is 381 g/mol. The van der Waals surface area contributed by atoms with Gasteiger partial charge in [0.2, 0.25) is 5.91 Å². The van der Waals surface area contributed by atoms with E-state index >= 15 is 0 Å². The summed E-state index contributed by atoms with van der Waals surface area (Å²) in [6.45, 7) is 1.86. The molecule has 0 bridgehead atoms. The maximum atomic E-state index is 12.8. The highest BCUT2D eigenvalue weighted by atomic mass is 35.5. The Balaban J connectivity index is 0.00000225. The molecule has 2 unspecified atom stereocenters. The van der Waals surface area contributed by atoms with Crippen LogP contribution in [0.25, 0.3) is 0 Å². The number of hydrogen-bond acceptors (Lipinski definition) is 4. The number of rotatable bonds is 7. The van der Waals surface area contributed by atoms with E-state index < -0.39 is 6.10 Å². The van der Waals surface area contributed by atoms with Crippen LogP contribution >= 0.6 is 23.7 Å². The summed E-state index contributed by atoms with van der Waals surface area (Å²) in [5.41, 5.74) is 1.97. The average Bonchev–Trinajstić information content (AvgIpc) is 3.29. The quantitative estimate of drug-likeness (QED) is 0.774. The number of thiophene rings is 1. The summed E-state index contributed by atoms with van der Waals surface area (Å²) >= 11 is 1.56. The number of hydrogen-bond donors (Lipinski definition) is 2. The lowest BCUT2D eigenvalue weighted by Gasteiger charge is -2.26. The minimum atomic E-state index is -0.638. The van der Waals surface area contributed by atoms with Gasteiger partial charge in [-0.15, -0.1) is 12.4 Å². The summed E-state index contributed by atoms with van der Waals surface area (Å²) < 4.78 is 0. The normalized spacial score (nSPS) is 17.7. The minimum absolute atomic E-state index is 0. The van der Waals surface area contributed by atoms with Crippen molar-refractivity contribution >= 4 is 29.7 Å². The first kappa shape index (κ1) is 19.9. The lowest BCUT2D eigenvalue weighted by molar-refractivity contribution is -0.133. The molecule has 2 atom stereocenters. The molecule has 136 valence electrons. The third-order valence-electron chi connectivity index (χ3n) is 4.47. The SMILES string of the molecule is Cl.O=C(CC1CCCN1)N(Cc1ccccc1)CC(O)c1ccsc1. The molecule has 25 heavy (non-hydrogen) atoms. The number of aliphatic hydroxyl groups is 1. The largest absolute Gasteiger partial charge is 0.387 e. The molecule has 2 aromatic rings. The first-order chi connectivity index (χ1) is 11.7. The van der Waals surface area contributed by atoms with E-state index in [0.717, 1.165) is 30.5 Å². The van der Waals surface area contributed by atoms with Gasteiger partial charge in [-0.05, 0) is 47.3 Å². The number of amides is 1. The molecule has 6 heteroatoms. The number of nitrogens with one attached hydrogen (secondary N) is 1. The molecule has 1 aromatic carbocycles. The van der Waals surface area contributed by atoms with Crippen molar-refractivity contribution in [2.45, 2.75) is 38.0 Å². The monoisotopic (exact) mass is 380 g/mol. The Bertz CT molecular complexity index is 630. The van der Waals surface area contributed by atoms with E-state index in [1.165, 1.54) is 0 Å². The predicted octanol–water partition coefficient (Wildman–Crippen LogP) is 3.37. The molecule has 0 saturated carbocycles. The van der Waals surface area contributed by atoms with Crippen molar-refractivity contribution in [1.29, 1.82) is 0 Å². The summed E-state index contributed by atoms with van der Waals surface area (Å²) in [5.74, 6) is 0.104. The zero-order valence-corrected chi connectivity index (χ0v) is 15.8. The zero-order chi connectivity index (χ0) is 16.8. The van der Waals surface area contributed by atoms with Crippen LogP contribution in [0.15, 0.2) is 47.2 Å². The molecular formula is C19H25ClN2O2S. The number of benzene rings is 1. The van der Waals surface area contributed by atoms with Gasteiger partial charge in [-0.2, -0.15) is 11.3 Å². The Kier molecular flexibility index (Phi) is 7.90. The van der Waals surface area contributed by atoms with Crippen LogP contribution < -0.4 is 5.32 Å². The Morgan fingerprint density at radius 3 is 2.76 bits per heavy atom. The standard InChI is InChI=1S/C19H24N2O2S.ClH/c22-18(16-8-10-24-14-16)13-21(12-15-5-2-1-3-6-15)19(23)11-17-7-4-9-20-17;/h1-3,5-6,8,10,14,17-18,20,22H,4,7,9,11-13H2;1H. The Hall–Kier alpha value is -1.40. The van der Waals surface area contributed by atoms with E-state index in [1.807, 2.05) is 47.2 Å². The van der Waals surface area contributed by atoms with Crippen molar-refractivity contribution in [1.82, 2.24) is 10.2 Å². The number of aliphatic hydroxyl groups excluding tert-OH is 1. The van der Waals surface area contributed by atoms with Gasteiger partial charge in [0.25, 0.3) is 0 Å². The van der Waals surface area contributed by atoms with Gasteiger partial charge in [-0.3, -0.25) is 4.79 Å². The Morgan fingerprint density at radius 2 is 2.12 bits per heavy atom. The maximum Gasteiger partial charge on any atom is 0.224 e. The number of carbonyl (C=O) groups excluding carboxylic acids is 1. The second kappa shape index (κ2) is 9.92. The van der Waals surface area contributed by atoms with Crippen molar-refractivity contribution in [3.63, 3.8) is 0 Å². The molecule has 0 spiro atoms. The van der Waals surface area contributed by atoms with E-state index in [4.69, 9.17) is 0 Å². The molecule has 4 nitrogen and oxygen atoms in total. The molecule has 1 saturated heterocycles. The predicted molar refractivity (Wildman–Crippen MR) is 104 cm³/mol. The topological polar surface area (TPSA) is 52.6 Å². The van der Waals surface area contributed by atoms with Gasteiger partial charge >= 0.3 is 0 Å². The van der Waals surface area contributed by atoms with E-state index in [-0.39, 0.29) is 24.4 Å². The third kappa shape index (κ3) is 5.82. The fourth-order valence-electron chi connectivity index (χ4n) is 3.11. The van der Waals surface area contributed by atoms with E-state index in [0.29, 0.717) is 19.5 Å². The van der Waals surface area contributed by atoms with Crippen molar-refractivity contribution in [3.05, 3.63) is 58.3 Å². The molecule has 1 fully saturated rings. The van der Waals surface area contributed by atoms with Crippen molar-refractivity contribution in [2.75, 3.05) is 13.1 Å². The van der Waals surface area contributed by atoms with Crippen LogP contribution in [-0.2, 0) is 11.3 Å². The van der Waals surface area contributed by atoms with Crippen LogP contribution in [0.3, 0.4) is 0 Å². The number of halogens is 1. The molecule has 2 N–H and O–H groups in total. The van der Waals surface area contributed by atoms with E-state index in [9.17, 15) is 9.90 Å². The van der Waals surface area contributed by atoms with Crippen LogP contribution in [0.5, 0.6) is 0 Å². The van der Waals surface area contributed by atoms with Crippen molar-refractivity contribution in [2.24, 2.45) is 0 Å². The lowest BCUT2D eigenvalue weighted by atomic mass is 10.1. The Morgan fingerprint density at radius 1 is 1.32 bits per heavy atom. The van der Waals surface area contributed by atoms with Gasteiger partial charge in [0, 0.05) is 19.0 Å². The lowest BCUT2D eigenvalue weighted by Crippen LogP contribution is -2.38. The molecule has 1 aliphatic rings. The minimum Gasteiger partial charge on any atom is -0.387 e. The Labute approximate surface area is 159 Å². The molecule has 3 rings (SSSR count). The summed E-state index contributed by atoms with van der Waals surface area (Å²) in [6.07, 6.45) is 2.05. The van der Waals surface area contributed by atoms with Crippen LogP contribution in [0.4, 0.5) is 0 Å². The second-order valence-electron chi connectivity index (χ2n) is 6.33. The van der Waals surface area contributed by atoms with Crippen LogP contribution in [0.1, 0.15) is 36.5 Å². The summed E-state index contributed by atoms with van der Waals surface area (Å²) in [7, 11) is 0. The summed E-state index contributed by atoms with van der Waals surface area (Å²) in [5, 5.41) is 17.7. The van der Waals surface area contributed by atoms with Crippen LogP contribution in [0.2, 0.25) is 0 Å². The highest BCUT2D eigenvalue weighted by Gasteiger charge is 2.24. The molecule has 1 aliphatic heterocycles. The fraction of sp³-hybridized carbons (Fsp3) is 0.421. The molecule has 1 aromatic heterocycles. The molecule has 1 amide bonds. The van der Waals surface area contributed by atoms with Gasteiger partial charge in [0.1, 0.15) is 0 Å². The van der Waals surface area contributed by atoms with E-state index in [2.05, 4.69) is 5.32 Å². The molecule has 0 aliphatic carbocycles. The summed E-state index contributed by atoms with van der Waals surface area (Å²) in [4.78, 5) is 14.6. The molecule has 0 radical (unpaired) electrons. The third-order valence-corrected chi connectivity index (χ3v) is 5.18. The fourth-order valence-corrected chi connectivity index (χ4v) is 3.81. The summed E-state index contributed by atoms with van der Waals surface area (Å²) in [6, 6.07) is 12.2. The number of nitrogens with zero attached hydrogens (tertiary/aromatic N) is 1. The van der Waals surface area contributed by atoms with Gasteiger partial charge in [-0.25, -0.2) is 0 Å². The first-order valence-electron chi connectivity index (χ1n) is 8.47. The van der Waals surface area contributed by atoms with Crippen LogP contribution in [0, 0.1) is 0 Å². The van der Waals surface area contributed by atoms with Crippen LogP contribution in [-0.4, -0.2) is 35.0 Å². The van der Waals surface area contributed by atoms with Crippen molar-refractivity contribution in [3.8, 4) is 0 Å². The van der Waals surface area contributed by atoms with Gasteiger partial charge in [-0.1, -0.05) is 30.3 Å². The smallest absolute Gasteiger partial charge is 0.224 e. The van der Waals surface area contributed by atoms with Gasteiger partial charge in [0.15, 0.2) is 0 Å². The van der Waals surface area contributed by atoms with Gasteiger partial charge < -0.3 is 15.3 Å². The van der Waals surface area contributed by atoms with E-state index in [1.54, 1.807) is 16.2 Å². The first-order valence-corrected chi connectivity index (χ1v) is 9.42. The molecule has 2 heterocycles. The highest BCUT2D eigenvalue weighted by molar-refractivity contribution is 7.07. The molecular weight excluding hydrogens is 356 g/mol. The van der Waals surface area contributed by atoms with Crippen molar-refractivity contribution < 1.29 is 9.90 Å². The number of carbonyl (C=O) groups is 1. The van der Waals surface area contributed by atoms with Gasteiger partial charge in [0.05, 0.1) is 12.6 Å². The maximum absolute atomic E-state index is 12.8.